The van der Waals surface area contributed by atoms with Gasteiger partial charge in [-0.1, -0.05) is 24.3 Å². The summed E-state index contributed by atoms with van der Waals surface area (Å²) < 4.78 is 19.0. The second kappa shape index (κ2) is 6.27. The summed E-state index contributed by atoms with van der Waals surface area (Å²) >= 11 is 0. The molecule has 0 saturated carbocycles. The fraction of sp³-hybridized carbons (Fsp3) is 0.250. The van der Waals surface area contributed by atoms with Crippen LogP contribution in [0.1, 0.15) is 16.7 Å². The van der Waals surface area contributed by atoms with Crippen molar-refractivity contribution in [1.82, 2.24) is 0 Å². The van der Waals surface area contributed by atoms with Crippen molar-refractivity contribution in [2.75, 3.05) is 7.11 Å². The number of hydrogen-bond acceptors (Lipinski definition) is 1. The van der Waals surface area contributed by atoms with Crippen LogP contribution in [0.4, 0.5) is 4.39 Å². The average Bonchev–Trinajstić information content (AvgIpc) is 2.41. The van der Waals surface area contributed by atoms with Gasteiger partial charge >= 0.3 is 0 Å². The van der Waals surface area contributed by atoms with E-state index >= 15 is 0 Å². The van der Waals surface area contributed by atoms with Crippen LogP contribution in [0.15, 0.2) is 36.4 Å². The van der Waals surface area contributed by atoms with E-state index in [-0.39, 0.29) is 5.82 Å². The molecule has 0 aromatic heterocycles. The van der Waals surface area contributed by atoms with Crippen molar-refractivity contribution in [2.45, 2.75) is 19.7 Å². The molecule has 0 radical (unpaired) electrons. The van der Waals surface area contributed by atoms with Gasteiger partial charge < -0.3 is 4.74 Å². The Balaban J connectivity index is 2.41. The predicted molar refractivity (Wildman–Crippen MR) is 80.7 cm³/mol. The molecule has 2 aromatic rings. The summed E-state index contributed by atoms with van der Waals surface area (Å²) in [4.78, 5) is 0. The van der Waals surface area contributed by atoms with Crippen molar-refractivity contribution in [3.05, 3.63) is 58.9 Å². The summed E-state index contributed by atoms with van der Waals surface area (Å²) in [5.74, 6) is -0.152. The molecule has 0 bridgehead atoms. The third kappa shape index (κ3) is 3.20. The molecule has 0 aliphatic carbocycles. The van der Waals surface area contributed by atoms with Gasteiger partial charge in [-0.3, -0.25) is 0 Å². The van der Waals surface area contributed by atoms with Crippen molar-refractivity contribution >= 4 is 9.24 Å². The Morgan fingerprint density at radius 3 is 2.37 bits per heavy atom. The first-order valence-corrected chi connectivity index (χ1v) is 7.04. The van der Waals surface area contributed by atoms with Gasteiger partial charge in [0.1, 0.15) is 5.82 Å². The first-order valence-electron chi connectivity index (χ1n) is 6.23. The van der Waals surface area contributed by atoms with E-state index in [0.29, 0.717) is 12.8 Å². The Labute approximate surface area is 116 Å². The molecule has 3 heteroatoms. The first kappa shape index (κ1) is 14.2. The summed E-state index contributed by atoms with van der Waals surface area (Å²) in [6, 6.07) is 11.5. The van der Waals surface area contributed by atoms with Crippen LogP contribution in [0.3, 0.4) is 0 Å². The first-order chi connectivity index (χ1) is 9.15. The van der Waals surface area contributed by atoms with E-state index in [0.717, 1.165) is 22.3 Å². The number of benzene rings is 2. The van der Waals surface area contributed by atoms with Gasteiger partial charge in [-0.25, -0.2) is 4.39 Å². The molecule has 1 atom stereocenters. The predicted octanol–water partition coefficient (Wildman–Crippen LogP) is 4.32. The van der Waals surface area contributed by atoms with E-state index < -0.39 is 0 Å². The second-order valence-electron chi connectivity index (χ2n) is 4.58. The van der Waals surface area contributed by atoms with Crippen molar-refractivity contribution in [3.63, 3.8) is 0 Å². The van der Waals surface area contributed by atoms with Crippen LogP contribution >= 0.6 is 9.24 Å². The van der Waals surface area contributed by atoms with Gasteiger partial charge in [-0.15, -0.1) is 9.24 Å². The van der Waals surface area contributed by atoms with Crippen LogP contribution < -0.4 is 0 Å². The number of aryl methyl sites for hydroxylation is 1. The molecule has 0 amide bonds. The number of methoxy groups -OCH3 is 1. The molecule has 0 saturated heterocycles. The zero-order chi connectivity index (χ0) is 13.8. The van der Waals surface area contributed by atoms with Crippen molar-refractivity contribution in [1.29, 1.82) is 0 Å². The molecule has 2 aromatic carbocycles. The summed E-state index contributed by atoms with van der Waals surface area (Å²) in [6.45, 7) is 2.63. The van der Waals surface area contributed by atoms with Crippen LogP contribution in [-0.4, -0.2) is 7.11 Å². The molecular weight excluding hydrogens is 258 g/mol. The van der Waals surface area contributed by atoms with E-state index in [1.54, 1.807) is 13.2 Å². The van der Waals surface area contributed by atoms with Gasteiger partial charge in [0.15, 0.2) is 0 Å². The van der Waals surface area contributed by atoms with Gasteiger partial charge in [0.05, 0.1) is 6.61 Å². The molecule has 0 fully saturated rings. The zero-order valence-electron chi connectivity index (χ0n) is 11.2. The molecule has 1 nitrogen and oxygen atoms in total. The zero-order valence-corrected chi connectivity index (χ0v) is 12.4. The maximum absolute atomic E-state index is 13.8. The largest absolute Gasteiger partial charge is 0.380 e. The highest BCUT2D eigenvalue weighted by atomic mass is 31.0. The van der Waals surface area contributed by atoms with E-state index in [1.165, 1.54) is 5.56 Å². The smallest absolute Gasteiger partial charge is 0.127 e. The summed E-state index contributed by atoms with van der Waals surface area (Å²) in [6.07, 6.45) is 0.634. The third-order valence-corrected chi connectivity index (χ3v) is 3.70. The number of halogens is 1. The normalized spacial score (nSPS) is 10.7. The maximum Gasteiger partial charge on any atom is 0.127 e. The maximum atomic E-state index is 13.8. The van der Waals surface area contributed by atoms with E-state index in [2.05, 4.69) is 22.2 Å². The summed E-state index contributed by atoms with van der Waals surface area (Å²) in [7, 11) is 4.22. The van der Waals surface area contributed by atoms with Crippen LogP contribution in [-0.2, 0) is 17.5 Å². The van der Waals surface area contributed by atoms with Crippen LogP contribution in [0.5, 0.6) is 0 Å². The van der Waals surface area contributed by atoms with Gasteiger partial charge in [-0.2, -0.15) is 0 Å². The highest BCUT2D eigenvalue weighted by Crippen LogP contribution is 2.25. The Kier molecular flexibility index (Phi) is 4.68. The molecule has 0 aliphatic rings. The Bertz CT molecular complexity index is 581. The molecule has 100 valence electrons. The van der Waals surface area contributed by atoms with E-state index in [9.17, 15) is 4.39 Å². The number of rotatable bonds is 4. The van der Waals surface area contributed by atoms with Crippen LogP contribution in [0.2, 0.25) is 0 Å². The monoisotopic (exact) mass is 276 g/mol. The van der Waals surface area contributed by atoms with Crippen molar-refractivity contribution in [2.24, 2.45) is 0 Å². The molecular formula is C16H18FOP. The number of hydrogen-bond donors (Lipinski definition) is 0. The van der Waals surface area contributed by atoms with Gasteiger partial charge in [-0.05, 0) is 53.0 Å². The SMILES string of the molecule is COCc1cc(-c2ccc(CP)c(F)c2)ccc1C. The van der Waals surface area contributed by atoms with E-state index in [4.69, 9.17) is 4.74 Å². The summed E-state index contributed by atoms with van der Waals surface area (Å²) in [5, 5.41) is 0. The van der Waals surface area contributed by atoms with Crippen LogP contribution in [0.25, 0.3) is 11.1 Å². The lowest BCUT2D eigenvalue weighted by Crippen LogP contribution is -1.93. The molecule has 0 spiro atoms. The molecule has 0 aliphatic heterocycles. The van der Waals surface area contributed by atoms with Crippen molar-refractivity contribution < 1.29 is 9.13 Å². The minimum Gasteiger partial charge on any atom is -0.380 e. The minimum atomic E-state index is -0.152. The molecule has 19 heavy (non-hydrogen) atoms. The standard InChI is InChI=1S/C16H18FOP/c1-11-3-4-12(7-15(11)9-18-2)13-5-6-14(10-19)16(17)8-13/h3-8H,9-10,19H2,1-2H3. The minimum absolute atomic E-state index is 0.152. The lowest BCUT2D eigenvalue weighted by molar-refractivity contribution is 0.184. The summed E-state index contributed by atoms with van der Waals surface area (Å²) in [5.41, 5.74) is 4.96. The molecule has 0 N–H and O–H groups in total. The third-order valence-electron chi connectivity index (χ3n) is 3.26. The topological polar surface area (TPSA) is 9.23 Å². The molecule has 2 rings (SSSR count). The Morgan fingerprint density at radius 2 is 1.74 bits per heavy atom. The highest BCUT2D eigenvalue weighted by molar-refractivity contribution is 7.15. The highest BCUT2D eigenvalue weighted by Gasteiger charge is 2.06. The fourth-order valence-electron chi connectivity index (χ4n) is 2.05. The van der Waals surface area contributed by atoms with Gasteiger partial charge in [0.2, 0.25) is 0 Å². The fourth-order valence-corrected chi connectivity index (χ4v) is 2.39. The molecule has 0 heterocycles. The second-order valence-corrected chi connectivity index (χ2v) is 4.99. The Morgan fingerprint density at radius 1 is 1.05 bits per heavy atom. The van der Waals surface area contributed by atoms with Crippen molar-refractivity contribution in [3.8, 4) is 11.1 Å². The molecule has 1 unspecified atom stereocenters. The van der Waals surface area contributed by atoms with Crippen LogP contribution in [0, 0.1) is 12.7 Å². The van der Waals surface area contributed by atoms with E-state index in [1.807, 2.05) is 24.3 Å². The lowest BCUT2D eigenvalue weighted by atomic mass is 9.99. The lowest BCUT2D eigenvalue weighted by Gasteiger charge is -2.09. The quantitative estimate of drug-likeness (QED) is 0.755. The Hall–Kier alpha value is -1.24. The average molecular weight is 276 g/mol. The number of ether oxygens (including phenoxy) is 1. The van der Waals surface area contributed by atoms with Gasteiger partial charge in [0, 0.05) is 7.11 Å². The van der Waals surface area contributed by atoms with Gasteiger partial charge in [0.25, 0.3) is 0 Å².